The molecule has 0 amide bonds. The van der Waals surface area contributed by atoms with Crippen LogP contribution in [0.15, 0.2) is 28.7 Å². The third-order valence-electron chi connectivity index (χ3n) is 4.09. The molecule has 2 rings (SSSR count). The van der Waals surface area contributed by atoms with Crippen LogP contribution in [0, 0.1) is 5.41 Å². The number of ether oxygens (including phenoxy) is 1. The van der Waals surface area contributed by atoms with Crippen molar-refractivity contribution >= 4 is 15.9 Å². The van der Waals surface area contributed by atoms with Crippen molar-refractivity contribution in [2.45, 2.75) is 19.8 Å². The van der Waals surface area contributed by atoms with Crippen LogP contribution >= 0.6 is 15.9 Å². The van der Waals surface area contributed by atoms with Gasteiger partial charge in [0.05, 0.1) is 0 Å². The fraction of sp³-hybridized carbons (Fsp3) is 0.625. The maximum Gasteiger partial charge on any atom is 0.120 e. The second-order valence-corrected chi connectivity index (χ2v) is 7.01. The quantitative estimate of drug-likeness (QED) is 0.805. The highest BCUT2D eigenvalue weighted by atomic mass is 79.9. The Bertz CT molecular complexity index is 417. The molecule has 112 valence electrons. The molecular weight excluding hydrogens is 316 g/mol. The molecule has 1 aliphatic rings. The highest BCUT2D eigenvalue weighted by molar-refractivity contribution is 9.10. The predicted molar refractivity (Wildman–Crippen MR) is 87.3 cm³/mol. The van der Waals surface area contributed by atoms with Gasteiger partial charge in [-0.2, -0.15) is 0 Å². The molecular formula is C16H25BrN2O. The molecule has 0 spiro atoms. The van der Waals surface area contributed by atoms with E-state index in [2.05, 4.69) is 40.1 Å². The van der Waals surface area contributed by atoms with Crippen molar-refractivity contribution in [3.63, 3.8) is 0 Å². The van der Waals surface area contributed by atoms with E-state index in [0.29, 0.717) is 12.0 Å². The van der Waals surface area contributed by atoms with E-state index < -0.39 is 0 Å². The van der Waals surface area contributed by atoms with E-state index in [4.69, 9.17) is 4.74 Å². The standard InChI is InChI=1S/C16H25BrN2O/c1-16(6-9-19(2)10-7-16)13-18-8-11-20-15-5-3-4-14(17)12-15/h3-5,12,18H,6-11,13H2,1-2H3. The van der Waals surface area contributed by atoms with E-state index in [1.165, 1.54) is 25.9 Å². The second-order valence-electron chi connectivity index (χ2n) is 6.10. The number of rotatable bonds is 6. The molecule has 1 saturated heterocycles. The average molecular weight is 341 g/mol. The zero-order valence-electron chi connectivity index (χ0n) is 12.5. The molecule has 0 saturated carbocycles. The molecule has 3 nitrogen and oxygen atoms in total. The van der Waals surface area contributed by atoms with Crippen LogP contribution in [0.2, 0.25) is 0 Å². The fourth-order valence-electron chi connectivity index (χ4n) is 2.52. The average Bonchev–Trinajstić information content (AvgIpc) is 2.42. The summed E-state index contributed by atoms with van der Waals surface area (Å²) in [6.07, 6.45) is 2.56. The molecule has 1 aliphatic heterocycles. The van der Waals surface area contributed by atoms with Gasteiger partial charge in [-0.1, -0.05) is 28.9 Å². The Labute approximate surface area is 130 Å². The topological polar surface area (TPSA) is 24.5 Å². The molecule has 1 fully saturated rings. The molecule has 1 heterocycles. The van der Waals surface area contributed by atoms with Crippen LogP contribution in [0.4, 0.5) is 0 Å². The summed E-state index contributed by atoms with van der Waals surface area (Å²) in [5.74, 6) is 0.923. The first kappa shape index (κ1) is 15.8. The van der Waals surface area contributed by atoms with Crippen molar-refractivity contribution in [2.24, 2.45) is 5.41 Å². The molecule has 0 radical (unpaired) electrons. The van der Waals surface area contributed by atoms with Crippen LogP contribution in [0.5, 0.6) is 5.75 Å². The van der Waals surface area contributed by atoms with Gasteiger partial charge in [-0.05, 0) is 56.6 Å². The van der Waals surface area contributed by atoms with Gasteiger partial charge in [0.15, 0.2) is 0 Å². The molecule has 1 N–H and O–H groups in total. The molecule has 0 bridgehead atoms. The van der Waals surface area contributed by atoms with Gasteiger partial charge >= 0.3 is 0 Å². The first-order chi connectivity index (χ1) is 9.57. The Hall–Kier alpha value is -0.580. The molecule has 0 aliphatic carbocycles. The van der Waals surface area contributed by atoms with Gasteiger partial charge in [0.1, 0.15) is 12.4 Å². The third-order valence-corrected chi connectivity index (χ3v) is 4.58. The molecule has 1 aromatic rings. The van der Waals surface area contributed by atoms with E-state index in [1.807, 2.05) is 24.3 Å². The lowest BCUT2D eigenvalue weighted by molar-refractivity contribution is 0.135. The van der Waals surface area contributed by atoms with E-state index in [9.17, 15) is 0 Å². The largest absolute Gasteiger partial charge is 0.492 e. The normalized spacial score (nSPS) is 18.9. The molecule has 1 aromatic carbocycles. The van der Waals surface area contributed by atoms with Crippen LogP contribution in [-0.2, 0) is 0 Å². The number of hydrogen-bond donors (Lipinski definition) is 1. The maximum atomic E-state index is 5.73. The van der Waals surface area contributed by atoms with Crippen molar-refractivity contribution in [1.82, 2.24) is 10.2 Å². The number of hydrogen-bond acceptors (Lipinski definition) is 3. The zero-order valence-corrected chi connectivity index (χ0v) is 14.1. The molecule has 0 aromatic heterocycles. The fourth-order valence-corrected chi connectivity index (χ4v) is 2.90. The van der Waals surface area contributed by atoms with E-state index in [0.717, 1.165) is 23.3 Å². The number of likely N-dealkylation sites (tertiary alicyclic amines) is 1. The highest BCUT2D eigenvalue weighted by Gasteiger charge is 2.28. The Kier molecular flexibility index (Phi) is 5.87. The minimum atomic E-state index is 0.447. The lowest BCUT2D eigenvalue weighted by Gasteiger charge is -2.38. The van der Waals surface area contributed by atoms with Gasteiger partial charge in [-0.25, -0.2) is 0 Å². The highest BCUT2D eigenvalue weighted by Crippen LogP contribution is 2.29. The van der Waals surface area contributed by atoms with Gasteiger partial charge < -0.3 is 15.0 Å². The van der Waals surface area contributed by atoms with Crippen molar-refractivity contribution in [3.8, 4) is 5.75 Å². The third kappa shape index (κ3) is 5.08. The van der Waals surface area contributed by atoms with Gasteiger partial charge in [0, 0.05) is 17.6 Å². The van der Waals surface area contributed by atoms with Crippen molar-refractivity contribution in [1.29, 1.82) is 0 Å². The number of nitrogens with one attached hydrogen (secondary N) is 1. The Balaban J connectivity index is 1.62. The van der Waals surface area contributed by atoms with Gasteiger partial charge in [-0.15, -0.1) is 0 Å². The first-order valence-electron chi connectivity index (χ1n) is 7.35. The molecule has 0 atom stereocenters. The summed E-state index contributed by atoms with van der Waals surface area (Å²) in [5, 5.41) is 3.54. The van der Waals surface area contributed by atoms with Crippen LogP contribution in [0.1, 0.15) is 19.8 Å². The molecule has 20 heavy (non-hydrogen) atoms. The number of nitrogens with zero attached hydrogens (tertiary/aromatic N) is 1. The summed E-state index contributed by atoms with van der Waals surface area (Å²) in [6, 6.07) is 7.99. The summed E-state index contributed by atoms with van der Waals surface area (Å²) < 4.78 is 6.78. The lowest BCUT2D eigenvalue weighted by atomic mass is 9.80. The number of piperidine rings is 1. The van der Waals surface area contributed by atoms with Crippen molar-refractivity contribution in [2.75, 3.05) is 39.8 Å². The zero-order chi connectivity index (χ0) is 14.4. The predicted octanol–water partition coefficient (Wildman–Crippen LogP) is 3.15. The van der Waals surface area contributed by atoms with Crippen LogP contribution in [0.3, 0.4) is 0 Å². The van der Waals surface area contributed by atoms with Crippen LogP contribution in [-0.4, -0.2) is 44.7 Å². The van der Waals surface area contributed by atoms with Gasteiger partial charge in [-0.3, -0.25) is 0 Å². The first-order valence-corrected chi connectivity index (χ1v) is 8.14. The summed E-state index contributed by atoms with van der Waals surface area (Å²) in [5.41, 5.74) is 0.447. The van der Waals surface area contributed by atoms with E-state index in [1.54, 1.807) is 0 Å². The summed E-state index contributed by atoms with van der Waals surface area (Å²) >= 11 is 3.45. The molecule has 4 heteroatoms. The second kappa shape index (κ2) is 7.43. The molecule has 0 unspecified atom stereocenters. The Morgan fingerprint density at radius 3 is 2.80 bits per heavy atom. The van der Waals surface area contributed by atoms with E-state index in [-0.39, 0.29) is 0 Å². The Morgan fingerprint density at radius 1 is 1.35 bits per heavy atom. The monoisotopic (exact) mass is 340 g/mol. The smallest absolute Gasteiger partial charge is 0.120 e. The number of benzene rings is 1. The summed E-state index contributed by atoms with van der Waals surface area (Å²) in [6.45, 7) is 7.52. The van der Waals surface area contributed by atoms with Crippen LogP contribution in [0.25, 0.3) is 0 Å². The van der Waals surface area contributed by atoms with Gasteiger partial charge in [0.2, 0.25) is 0 Å². The van der Waals surface area contributed by atoms with Crippen molar-refractivity contribution in [3.05, 3.63) is 28.7 Å². The summed E-state index contributed by atoms with van der Waals surface area (Å²) in [7, 11) is 2.21. The Morgan fingerprint density at radius 2 is 2.10 bits per heavy atom. The minimum Gasteiger partial charge on any atom is -0.492 e. The van der Waals surface area contributed by atoms with Crippen molar-refractivity contribution < 1.29 is 4.74 Å². The summed E-state index contributed by atoms with van der Waals surface area (Å²) in [4.78, 5) is 2.41. The van der Waals surface area contributed by atoms with Gasteiger partial charge in [0.25, 0.3) is 0 Å². The SMILES string of the molecule is CN1CCC(C)(CNCCOc2cccc(Br)c2)CC1. The minimum absolute atomic E-state index is 0.447. The van der Waals surface area contributed by atoms with E-state index >= 15 is 0 Å². The lowest BCUT2D eigenvalue weighted by Crippen LogP contribution is -2.42. The maximum absolute atomic E-state index is 5.73. The van der Waals surface area contributed by atoms with Crippen LogP contribution < -0.4 is 10.1 Å². The number of halogens is 1.